The molecule has 0 radical (unpaired) electrons. The Bertz CT molecular complexity index is 929. The first-order chi connectivity index (χ1) is 16.1. The molecule has 2 heterocycles. The fourth-order valence-electron chi connectivity index (χ4n) is 5.20. The molecule has 0 spiro atoms. The monoisotopic (exact) mass is 518 g/mol. The minimum Gasteiger partial charge on any atom is -0.452 e. The highest BCUT2D eigenvalue weighted by Crippen LogP contribution is 2.52. The third-order valence-corrected chi connectivity index (χ3v) is 7.47. The fourth-order valence-corrected chi connectivity index (χ4v) is 5.46. The molecule has 9 heteroatoms. The van der Waals surface area contributed by atoms with Crippen LogP contribution in [0.5, 0.6) is 0 Å². The van der Waals surface area contributed by atoms with Gasteiger partial charge in [-0.15, -0.1) is 0 Å². The van der Waals surface area contributed by atoms with Crippen molar-refractivity contribution in [2.24, 2.45) is 11.8 Å². The minimum atomic E-state index is -0.636. The van der Waals surface area contributed by atoms with Crippen LogP contribution in [0.3, 0.4) is 0 Å². The summed E-state index contributed by atoms with van der Waals surface area (Å²) in [6, 6.07) is 8.41. The van der Waals surface area contributed by atoms with Crippen molar-refractivity contribution in [2.45, 2.75) is 50.5 Å². The summed E-state index contributed by atoms with van der Waals surface area (Å²) in [4.78, 5) is 29.7. The van der Waals surface area contributed by atoms with Crippen molar-refractivity contribution in [3.8, 4) is 11.3 Å². The molecule has 8 nitrogen and oxygen atoms in total. The van der Waals surface area contributed by atoms with Gasteiger partial charge in [0.2, 0.25) is 6.41 Å². The molecule has 1 aromatic carbocycles. The van der Waals surface area contributed by atoms with E-state index in [0.29, 0.717) is 25.5 Å². The van der Waals surface area contributed by atoms with Gasteiger partial charge in [-0.1, -0.05) is 34.5 Å². The summed E-state index contributed by atoms with van der Waals surface area (Å²) in [6.07, 6.45) is 9.02. The quantitative estimate of drug-likeness (QED) is 0.444. The number of ether oxygens (including phenoxy) is 2. The van der Waals surface area contributed by atoms with Gasteiger partial charge in [0, 0.05) is 23.6 Å². The molecule has 2 N–H and O–H groups in total. The lowest BCUT2D eigenvalue weighted by Gasteiger charge is -2.30. The Kier molecular flexibility index (Phi) is 8.03. The Balaban J connectivity index is 0.000000166. The predicted molar refractivity (Wildman–Crippen MR) is 127 cm³/mol. The number of imidazole rings is 1. The molecule has 2 amide bonds. The van der Waals surface area contributed by atoms with Crippen LogP contribution in [-0.4, -0.2) is 53.8 Å². The molecule has 2 bridgehead atoms. The molecule has 2 aromatic rings. The molecule has 3 unspecified atom stereocenters. The van der Waals surface area contributed by atoms with Crippen molar-refractivity contribution >= 4 is 28.4 Å². The van der Waals surface area contributed by atoms with Crippen LogP contribution in [0.2, 0.25) is 0 Å². The molecule has 5 rings (SSSR count). The van der Waals surface area contributed by atoms with Crippen molar-refractivity contribution in [3.63, 3.8) is 0 Å². The normalized spacial score (nSPS) is 24.0. The lowest BCUT2D eigenvalue weighted by atomic mass is 9.88. The van der Waals surface area contributed by atoms with Crippen molar-refractivity contribution < 1.29 is 19.1 Å². The second kappa shape index (κ2) is 11.2. The van der Waals surface area contributed by atoms with E-state index in [1.807, 2.05) is 6.20 Å². The molecule has 2 aliphatic carbocycles. The van der Waals surface area contributed by atoms with Gasteiger partial charge in [0.15, 0.2) is 0 Å². The summed E-state index contributed by atoms with van der Waals surface area (Å²) in [7, 11) is 1.25. The van der Waals surface area contributed by atoms with E-state index in [2.05, 4.69) is 60.3 Å². The SMILES string of the molecule is Brc1ccc(-c2cnc(C3CC4CCC3C4)[nH]2)cc1.COC(=O)NN(C=O)C1CCOCC1. The van der Waals surface area contributed by atoms with Gasteiger partial charge >= 0.3 is 6.09 Å². The predicted octanol–water partition coefficient (Wildman–Crippen LogP) is 4.64. The molecule has 3 atom stereocenters. The number of carbonyl (C=O) groups is 2. The first kappa shape index (κ1) is 23.8. The summed E-state index contributed by atoms with van der Waals surface area (Å²) in [5, 5.41) is 1.23. The van der Waals surface area contributed by atoms with E-state index in [0.717, 1.165) is 34.8 Å². The third-order valence-electron chi connectivity index (χ3n) is 6.94. The summed E-state index contributed by atoms with van der Waals surface area (Å²) < 4.78 is 10.6. The first-order valence-electron chi connectivity index (χ1n) is 11.5. The number of amides is 2. The molecular weight excluding hydrogens is 488 g/mol. The second-order valence-electron chi connectivity index (χ2n) is 8.93. The van der Waals surface area contributed by atoms with Crippen LogP contribution >= 0.6 is 15.9 Å². The number of aromatic nitrogens is 2. The van der Waals surface area contributed by atoms with Crippen LogP contribution in [0.4, 0.5) is 4.79 Å². The molecule has 1 aliphatic heterocycles. The van der Waals surface area contributed by atoms with Crippen molar-refractivity contribution in [2.75, 3.05) is 20.3 Å². The number of rotatable bonds is 5. The second-order valence-corrected chi connectivity index (χ2v) is 9.85. The zero-order chi connectivity index (χ0) is 23.2. The van der Waals surface area contributed by atoms with Gasteiger partial charge < -0.3 is 14.5 Å². The smallest absolute Gasteiger partial charge is 0.425 e. The number of halogens is 1. The maximum atomic E-state index is 10.9. The van der Waals surface area contributed by atoms with Crippen LogP contribution in [0.1, 0.15) is 50.3 Å². The Morgan fingerprint density at radius 2 is 1.97 bits per heavy atom. The maximum absolute atomic E-state index is 10.9. The highest BCUT2D eigenvalue weighted by atomic mass is 79.9. The van der Waals surface area contributed by atoms with Gasteiger partial charge in [-0.05, 0) is 61.6 Å². The molecule has 2 saturated carbocycles. The molecule has 3 aliphatic rings. The number of aromatic amines is 1. The first-order valence-corrected chi connectivity index (χ1v) is 12.3. The van der Waals surface area contributed by atoms with Crippen molar-refractivity contribution in [1.29, 1.82) is 0 Å². The maximum Gasteiger partial charge on any atom is 0.425 e. The average Bonchev–Trinajstić information content (AvgIpc) is 3.61. The van der Waals surface area contributed by atoms with E-state index >= 15 is 0 Å². The van der Waals surface area contributed by atoms with Gasteiger partial charge in [0.25, 0.3) is 0 Å². The van der Waals surface area contributed by atoms with Gasteiger partial charge in [0.1, 0.15) is 5.82 Å². The van der Waals surface area contributed by atoms with Gasteiger partial charge in [-0.2, -0.15) is 0 Å². The summed E-state index contributed by atoms with van der Waals surface area (Å²) in [5.74, 6) is 3.75. The number of fused-ring (bicyclic) bond motifs is 2. The van der Waals surface area contributed by atoms with E-state index in [4.69, 9.17) is 4.74 Å². The van der Waals surface area contributed by atoms with E-state index in [-0.39, 0.29) is 6.04 Å². The number of H-pyrrole nitrogens is 1. The topological polar surface area (TPSA) is 96.5 Å². The Hall–Kier alpha value is -2.39. The van der Waals surface area contributed by atoms with Gasteiger partial charge in [-0.25, -0.2) is 15.2 Å². The average molecular weight is 519 g/mol. The Morgan fingerprint density at radius 3 is 2.58 bits per heavy atom. The van der Waals surface area contributed by atoms with Crippen LogP contribution in [0, 0.1) is 11.8 Å². The summed E-state index contributed by atoms with van der Waals surface area (Å²) in [6.45, 7) is 1.22. The molecular formula is C24H31BrN4O4. The van der Waals surface area contributed by atoms with E-state index in [1.54, 1.807) is 0 Å². The number of methoxy groups -OCH3 is 1. The highest BCUT2D eigenvalue weighted by molar-refractivity contribution is 9.10. The van der Waals surface area contributed by atoms with Crippen molar-refractivity contribution in [3.05, 3.63) is 40.8 Å². The summed E-state index contributed by atoms with van der Waals surface area (Å²) in [5.41, 5.74) is 4.69. The van der Waals surface area contributed by atoms with Crippen molar-refractivity contribution in [1.82, 2.24) is 20.4 Å². The van der Waals surface area contributed by atoms with Crippen LogP contribution in [-0.2, 0) is 14.3 Å². The van der Waals surface area contributed by atoms with Gasteiger partial charge in [-0.3, -0.25) is 9.80 Å². The number of benzene rings is 1. The number of carbonyl (C=O) groups excluding carboxylic acids is 2. The molecule has 33 heavy (non-hydrogen) atoms. The largest absolute Gasteiger partial charge is 0.452 e. The van der Waals surface area contributed by atoms with E-state index in [9.17, 15) is 9.59 Å². The Morgan fingerprint density at radius 1 is 1.21 bits per heavy atom. The third kappa shape index (κ3) is 5.95. The van der Waals surface area contributed by atoms with Crippen LogP contribution in [0.15, 0.2) is 34.9 Å². The van der Waals surface area contributed by atoms with E-state index in [1.165, 1.54) is 49.2 Å². The van der Waals surface area contributed by atoms with E-state index < -0.39 is 6.09 Å². The lowest BCUT2D eigenvalue weighted by Crippen LogP contribution is -2.49. The Labute approximate surface area is 202 Å². The fraction of sp³-hybridized carbons (Fsp3) is 0.542. The molecule has 3 fully saturated rings. The van der Waals surface area contributed by atoms with Crippen LogP contribution < -0.4 is 5.43 Å². The zero-order valence-corrected chi connectivity index (χ0v) is 20.4. The number of hydrogen-bond donors (Lipinski definition) is 2. The highest BCUT2D eigenvalue weighted by Gasteiger charge is 2.41. The lowest BCUT2D eigenvalue weighted by molar-refractivity contribution is -0.125. The van der Waals surface area contributed by atoms with Gasteiger partial charge in [0.05, 0.1) is 25.0 Å². The molecule has 178 valence electrons. The minimum absolute atomic E-state index is 0.000324. The molecule has 1 saturated heterocycles. The molecule has 1 aromatic heterocycles. The standard InChI is InChI=1S/C16H17BrN2.C8H14N2O4/c17-13-5-3-11(4-6-13)15-9-18-16(19-15)14-8-10-1-2-12(14)7-10;1-13-8(12)9-10(6-11)7-2-4-14-5-3-7/h3-6,9-10,12,14H,1-2,7-8H2,(H,18,19);6-7H,2-5H2,1H3,(H,9,12). The summed E-state index contributed by atoms with van der Waals surface area (Å²) >= 11 is 3.47. The zero-order valence-electron chi connectivity index (χ0n) is 18.8. The number of hydrazine groups is 1. The number of nitrogens with one attached hydrogen (secondary N) is 2. The van der Waals surface area contributed by atoms with Crippen LogP contribution in [0.25, 0.3) is 11.3 Å². The number of hydrogen-bond acceptors (Lipinski definition) is 5. The number of nitrogens with zero attached hydrogens (tertiary/aromatic N) is 2.